The average Bonchev–Trinajstić information content (AvgIpc) is 3.10. The Hall–Kier alpha value is -3.22. The van der Waals surface area contributed by atoms with Crippen LogP contribution >= 0.6 is 0 Å². The van der Waals surface area contributed by atoms with Crippen LogP contribution in [0.1, 0.15) is 28.8 Å². The zero-order chi connectivity index (χ0) is 20.4. The largest absolute Gasteiger partial charge is 0.494 e. The summed E-state index contributed by atoms with van der Waals surface area (Å²) in [4.78, 5) is 14.8. The fourth-order valence-corrected chi connectivity index (χ4v) is 3.91. The summed E-state index contributed by atoms with van der Waals surface area (Å²) in [7, 11) is 1.42. The van der Waals surface area contributed by atoms with Crippen LogP contribution in [-0.4, -0.2) is 39.2 Å². The summed E-state index contributed by atoms with van der Waals surface area (Å²) in [5, 5.41) is 8.48. The molecule has 4 rings (SSSR count). The van der Waals surface area contributed by atoms with Gasteiger partial charge in [0.1, 0.15) is 5.82 Å². The molecule has 2 aromatic carbocycles. The molecule has 0 saturated heterocycles. The second-order valence-electron chi connectivity index (χ2n) is 7.30. The number of hydrogen-bond donors (Lipinski definition) is 0. The quantitative estimate of drug-likeness (QED) is 0.667. The van der Waals surface area contributed by atoms with Crippen molar-refractivity contribution in [3.05, 3.63) is 77.1 Å². The Bertz CT molecular complexity index is 1020. The number of carbonyl (C=O) groups is 1. The Morgan fingerprint density at radius 2 is 1.97 bits per heavy atom. The highest BCUT2D eigenvalue weighted by molar-refractivity contribution is 5.79. The highest BCUT2D eigenvalue weighted by Gasteiger charge is 2.30. The maximum absolute atomic E-state index is 14.0. The molecule has 29 heavy (non-hydrogen) atoms. The molecule has 0 saturated carbocycles. The van der Waals surface area contributed by atoms with Gasteiger partial charge in [-0.1, -0.05) is 36.4 Å². The van der Waals surface area contributed by atoms with E-state index in [1.807, 2.05) is 25.1 Å². The van der Waals surface area contributed by atoms with E-state index in [1.54, 1.807) is 17.0 Å². The number of ether oxygens (including phenoxy) is 1. The summed E-state index contributed by atoms with van der Waals surface area (Å²) in [6, 6.07) is 14.9. The molecule has 7 heteroatoms. The van der Waals surface area contributed by atoms with Crippen LogP contribution in [-0.2, 0) is 24.2 Å². The number of rotatable bonds is 5. The third-order valence-corrected chi connectivity index (χ3v) is 5.30. The molecule has 3 aromatic rings. The van der Waals surface area contributed by atoms with E-state index in [4.69, 9.17) is 4.74 Å². The molecule has 1 aliphatic heterocycles. The van der Waals surface area contributed by atoms with Crippen molar-refractivity contribution in [2.75, 3.05) is 13.7 Å². The van der Waals surface area contributed by atoms with Gasteiger partial charge in [0, 0.05) is 6.54 Å². The molecule has 0 spiro atoms. The number of aryl methyl sites for hydroxylation is 1. The van der Waals surface area contributed by atoms with Gasteiger partial charge in [-0.05, 0) is 36.6 Å². The molecule has 0 N–H and O–H groups in total. The molecular weight excluding hydrogens is 371 g/mol. The van der Waals surface area contributed by atoms with E-state index in [2.05, 4.69) is 26.9 Å². The van der Waals surface area contributed by atoms with Crippen molar-refractivity contribution in [2.45, 2.75) is 32.4 Å². The standard InChI is InChI=1S/C22H23FN4O2/c1-15-24-25-21-14-26(13-18(27(15)21)10-16-6-4-3-5-7-16)22(28)12-17-8-9-20(29-2)19(23)11-17/h3-9,11,18H,10,12-14H2,1-2H3/t18-/m1/s1. The van der Waals surface area contributed by atoms with Crippen LogP contribution in [0.3, 0.4) is 0 Å². The van der Waals surface area contributed by atoms with Crippen molar-refractivity contribution in [1.29, 1.82) is 0 Å². The van der Waals surface area contributed by atoms with Crippen molar-refractivity contribution in [2.24, 2.45) is 0 Å². The SMILES string of the molecule is COc1ccc(CC(=O)N2Cc3nnc(C)n3[C@H](Cc3ccccc3)C2)cc1F. The van der Waals surface area contributed by atoms with Gasteiger partial charge in [-0.25, -0.2) is 4.39 Å². The number of benzene rings is 2. The third-order valence-electron chi connectivity index (χ3n) is 5.30. The lowest BCUT2D eigenvalue weighted by molar-refractivity contribution is -0.132. The number of halogens is 1. The maximum Gasteiger partial charge on any atom is 0.227 e. The van der Waals surface area contributed by atoms with Crippen LogP contribution < -0.4 is 4.74 Å². The number of carbonyl (C=O) groups excluding carboxylic acids is 1. The Kier molecular flexibility index (Phi) is 5.29. The average molecular weight is 394 g/mol. The first-order chi connectivity index (χ1) is 14.0. The summed E-state index contributed by atoms with van der Waals surface area (Å²) in [6.45, 7) is 2.91. The molecule has 1 aliphatic rings. The van der Waals surface area contributed by atoms with E-state index in [0.717, 1.165) is 18.1 Å². The summed E-state index contributed by atoms with van der Waals surface area (Å²) in [6.07, 6.45) is 0.916. The van der Waals surface area contributed by atoms with E-state index in [9.17, 15) is 9.18 Å². The minimum absolute atomic E-state index is 0.0560. The first-order valence-corrected chi connectivity index (χ1v) is 9.59. The predicted octanol–water partition coefficient (Wildman–Crippen LogP) is 3.10. The van der Waals surface area contributed by atoms with Gasteiger partial charge in [0.15, 0.2) is 17.4 Å². The van der Waals surface area contributed by atoms with Crippen molar-refractivity contribution in [3.63, 3.8) is 0 Å². The van der Waals surface area contributed by atoms with Crippen LogP contribution in [0.2, 0.25) is 0 Å². The molecule has 1 amide bonds. The predicted molar refractivity (Wildman–Crippen MR) is 106 cm³/mol. The third kappa shape index (κ3) is 3.99. The molecular formula is C22H23FN4O2. The summed E-state index contributed by atoms with van der Waals surface area (Å²) in [5.41, 5.74) is 1.82. The first-order valence-electron chi connectivity index (χ1n) is 9.59. The van der Waals surface area contributed by atoms with Crippen molar-refractivity contribution in [3.8, 4) is 5.75 Å². The van der Waals surface area contributed by atoms with Crippen molar-refractivity contribution >= 4 is 5.91 Å². The van der Waals surface area contributed by atoms with Gasteiger partial charge in [-0.15, -0.1) is 10.2 Å². The number of fused-ring (bicyclic) bond motifs is 1. The van der Waals surface area contributed by atoms with E-state index in [0.29, 0.717) is 18.7 Å². The maximum atomic E-state index is 14.0. The molecule has 0 unspecified atom stereocenters. The molecule has 0 fully saturated rings. The molecule has 0 radical (unpaired) electrons. The highest BCUT2D eigenvalue weighted by Crippen LogP contribution is 2.26. The van der Waals surface area contributed by atoms with Crippen molar-refractivity contribution < 1.29 is 13.9 Å². The topological polar surface area (TPSA) is 60.2 Å². The Labute approximate surface area is 168 Å². The van der Waals surface area contributed by atoms with Gasteiger partial charge in [0.25, 0.3) is 0 Å². The fraction of sp³-hybridized carbons (Fsp3) is 0.318. The number of amides is 1. The van der Waals surface area contributed by atoms with Gasteiger partial charge in [-0.3, -0.25) is 4.79 Å². The lowest BCUT2D eigenvalue weighted by atomic mass is 10.0. The normalized spacial score (nSPS) is 15.8. The number of hydrogen-bond acceptors (Lipinski definition) is 4. The Morgan fingerprint density at radius 3 is 2.69 bits per heavy atom. The molecule has 0 aliphatic carbocycles. The van der Waals surface area contributed by atoms with Crippen molar-refractivity contribution in [1.82, 2.24) is 19.7 Å². The summed E-state index contributed by atoms with van der Waals surface area (Å²) >= 11 is 0. The summed E-state index contributed by atoms with van der Waals surface area (Å²) < 4.78 is 21.0. The molecule has 0 bridgehead atoms. The Morgan fingerprint density at radius 1 is 1.17 bits per heavy atom. The Balaban J connectivity index is 1.54. The van der Waals surface area contributed by atoms with Crippen LogP contribution in [0.15, 0.2) is 48.5 Å². The number of nitrogens with zero attached hydrogens (tertiary/aromatic N) is 4. The van der Waals surface area contributed by atoms with Gasteiger partial charge in [0.05, 0.1) is 26.1 Å². The molecule has 6 nitrogen and oxygen atoms in total. The zero-order valence-corrected chi connectivity index (χ0v) is 16.5. The fourth-order valence-electron chi connectivity index (χ4n) is 3.91. The van der Waals surface area contributed by atoms with Gasteiger partial charge >= 0.3 is 0 Å². The van der Waals surface area contributed by atoms with E-state index in [1.165, 1.54) is 18.7 Å². The monoisotopic (exact) mass is 394 g/mol. The van der Waals surface area contributed by atoms with Crippen LogP contribution in [0.25, 0.3) is 0 Å². The number of aromatic nitrogens is 3. The minimum atomic E-state index is -0.464. The first kappa shape index (κ1) is 19.1. The van der Waals surface area contributed by atoms with Crippen LogP contribution in [0.4, 0.5) is 4.39 Å². The van der Waals surface area contributed by atoms with Gasteiger partial charge < -0.3 is 14.2 Å². The lowest BCUT2D eigenvalue weighted by Gasteiger charge is -2.34. The van der Waals surface area contributed by atoms with Gasteiger partial charge in [0.2, 0.25) is 5.91 Å². The molecule has 1 aromatic heterocycles. The van der Waals surface area contributed by atoms with Crippen LogP contribution in [0, 0.1) is 12.7 Å². The van der Waals surface area contributed by atoms with Crippen LogP contribution in [0.5, 0.6) is 5.75 Å². The van der Waals surface area contributed by atoms with E-state index >= 15 is 0 Å². The number of methoxy groups -OCH3 is 1. The lowest BCUT2D eigenvalue weighted by Crippen LogP contribution is -2.42. The molecule has 2 heterocycles. The molecule has 1 atom stereocenters. The second kappa shape index (κ2) is 8.03. The highest BCUT2D eigenvalue weighted by atomic mass is 19.1. The minimum Gasteiger partial charge on any atom is -0.494 e. The molecule has 150 valence electrons. The van der Waals surface area contributed by atoms with E-state index < -0.39 is 5.82 Å². The van der Waals surface area contributed by atoms with E-state index in [-0.39, 0.29) is 24.1 Å². The smallest absolute Gasteiger partial charge is 0.227 e. The van der Waals surface area contributed by atoms with Gasteiger partial charge in [-0.2, -0.15) is 0 Å². The summed E-state index contributed by atoms with van der Waals surface area (Å²) in [5.74, 6) is 1.29. The zero-order valence-electron chi connectivity index (χ0n) is 16.5. The second-order valence-corrected chi connectivity index (χ2v) is 7.30.